The van der Waals surface area contributed by atoms with E-state index in [4.69, 9.17) is 4.74 Å². The molecule has 0 spiro atoms. The maximum atomic E-state index is 4.83. The van der Waals surface area contributed by atoms with E-state index in [2.05, 4.69) is 19.1 Å². The molecule has 0 saturated carbocycles. The summed E-state index contributed by atoms with van der Waals surface area (Å²) in [6.45, 7) is 5.80. The Morgan fingerprint density at radius 3 is 2.10 bits per heavy atom. The zero-order valence-electron chi connectivity index (χ0n) is 6.84. The summed E-state index contributed by atoms with van der Waals surface area (Å²) < 4.78 is 4.83. The standard InChI is InChI=1S/C5H10.C4H6O/c1-3-5-4-2;1-2-4-5-3-1/h3,5H,4H2,1-2H3;1-2H,3-4H2/b5-3-;. The number of ether oxygens (including phenoxy) is 1. The van der Waals surface area contributed by atoms with E-state index < -0.39 is 0 Å². The fraction of sp³-hybridized carbons (Fsp3) is 0.556. The molecule has 0 aliphatic carbocycles. The van der Waals surface area contributed by atoms with Gasteiger partial charge in [0.05, 0.1) is 13.2 Å². The van der Waals surface area contributed by atoms with E-state index in [0.717, 1.165) is 19.6 Å². The van der Waals surface area contributed by atoms with Gasteiger partial charge in [0, 0.05) is 0 Å². The molecule has 1 heterocycles. The maximum absolute atomic E-state index is 4.83. The molecule has 0 fully saturated rings. The zero-order valence-corrected chi connectivity index (χ0v) is 6.84. The Balaban J connectivity index is 0.000000162. The zero-order chi connectivity index (χ0) is 7.66. The largest absolute Gasteiger partial charge is 0.373 e. The number of allylic oxidation sites excluding steroid dienone is 2. The molecule has 1 nitrogen and oxygen atoms in total. The minimum absolute atomic E-state index is 0.819. The summed E-state index contributed by atoms with van der Waals surface area (Å²) in [6.07, 6.45) is 9.37. The van der Waals surface area contributed by atoms with Crippen molar-refractivity contribution < 1.29 is 4.74 Å². The fourth-order valence-electron chi connectivity index (χ4n) is 0.576. The molecule has 58 valence electrons. The van der Waals surface area contributed by atoms with Crippen molar-refractivity contribution >= 4 is 0 Å². The van der Waals surface area contributed by atoms with Gasteiger partial charge < -0.3 is 4.74 Å². The van der Waals surface area contributed by atoms with Crippen molar-refractivity contribution in [2.24, 2.45) is 0 Å². The molecule has 10 heavy (non-hydrogen) atoms. The van der Waals surface area contributed by atoms with Crippen molar-refractivity contribution in [3.8, 4) is 0 Å². The molecule has 1 aliphatic heterocycles. The van der Waals surface area contributed by atoms with Crippen molar-refractivity contribution in [1.29, 1.82) is 0 Å². The van der Waals surface area contributed by atoms with Crippen LogP contribution in [0.2, 0.25) is 0 Å². The average molecular weight is 140 g/mol. The second-order valence-electron chi connectivity index (χ2n) is 1.99. The van der Waals surface area contributed by atoms with Crippen molar-refractivity contribution in [1.82, 2.24) is 0 Å². The van der Waals surface area contributed by atoms with Crippen molar-refractivity contribution in [3.63, 3.8) is 0 Å². The van der Waals surface area contributed by atoms with Crippen molar-refractivity contribution in [2.45, 2.75) is 20.3 Å². The van der Waals surface area contributed by atoms with Crippen LogP contribution in [-0.2, 0) is 4.74 Å². The molecule has 0 atom stereocenters. The molecule has 1 heteroatoms. The van der Waals surface area contributed by atoms with Crippen molar-refractivity contribution in [3.05, 3.63) is 24.3 Å². The van der Waals surface area contributed by atoms with Gasteiger partial charge in [-0.05, 0) is 13.3 Å². The predicted molar refractivity (Wildman–Crippen MR) is 45.1 cm³/mol. The predicted octanol–water partition coefficient (Wildman–Crippen LogP) is 2.55. The van der Waals surface area contributed by atoms with Gasteiger partial charge in [-0.25, -0.2) is 0 Å². The summed E-state index contributed by atoms with van der Waals surface area (Å²) >= 11 is 0. The lowest BCUT2D eigenvalue weighted by Gasteiger charge is -1.77. The summed E-state index contributed by atoms with van der Waals surface area (Å²) in [5, 5.41) is 0. The van der Waals surface area contributed by atoms with Crippen LogP contribution in [0.1, 0.15) is 20.3 Å². The van der Waals surface area contributed by atoms with Gasteiger partial charge in [-0.1, -0.05) is 31.2 Å². The maximum Gasteiger partial charge on any atom is 0.0652 e. The van der Waals surface area contributed by atoms with Crippen LogP contribution in [0, 0.1) is 0 Å². The molecule has 0 bridgehead atoms. The second kappa shape index (κ2) is 8.44. The van der Waals surface area contributed by atoms with Gasteiger partial charge >= 0.3 is 0 Å². The van der Waals surface area contributed by atoms with E-state index in [1.165, 1.54) is 0 Å². The molecule has 0 radical (unpaired) electrons. The van der Waals surface area contributed by atoms with Gasteiger partial charge in [-0.3, -0.25) is 0 Å². The van der Waals surface area contributed by atoms with E-state index in [1.807, 2.05) is 19.1 Å². The number of rotatable bonds is 1. The third-order valence-corrected chi connectivity index (χ3v) is 1.07. The van der Waals surface area contributed by atoms with Crippen LogP contribution in [0.25, 0.3) is 0 Å². The minimum Gasteiger partial charge on any atom is -0.373 e. The fourth-order valence-corrected chi connectivity index (χ4v) is 0.576. The third-order valence-electron chi connectivity index (χ3n) is 1.07. The Bertz CT molecular complexity index is 97.3. The molecule has 0 aromatic rings. The summed E-state index contributed by atoms with van der Waals surface area (Å²) in [5.74, 6) is 0. The van der Waals surface area contributed by atoms with E-state index in [0.29, 0.717) is 0 Å². The van der Waals surface area contributed by atoms with Gasteiger partial charge in [0.1, 0.15) is 0 Å². The molecular weight excluding hydrogens is 124 g/mol. The van der Waals surface area contributed by atoms with Gasteiger partial charge in [0.2, 0.25) is 0 Å². The normalized spacial score (nSPS) is 15.4. The summed E-state index contributed by atoms with van der Waals surface area (Å²) in [6, 6.07) is 0. The molecule has 1 rings (SSSR count). The van der Waals surface area contributed by atoms with Crippen LogP contribution >= 0.6 is 0 Å². The number of hydrogen-bond acceptors (Lipinski definition) is 1. The van der Waals surface area contributed by atoms with Crippen LogP contribution in [0.3, 0.4) is 0 Å². The molecule has 0 aromatic carbocycles. The molecule has 0 unspecified atom stereocenters. The molecule has 1 aliphatic rings. The second-order valence-corrected chi connectivity index (χ2v) is 1.99. The molecule has 0 saturated heterocycles. The topological polar surface area (TPSA) is 9.23 Å². The first kappa shape index (κ1) is 9.44. The highest BCUT2D eigenvalue weighted by atomic mass is 16.5. The summed E-state index contributed by atoms with van der Waals surface area (Å²) in [7, 11) is 0. The molecule has 0 amide bonds. The highest BCUT2D eigenvalue weighted by molar-refractivity contribution is 4.86. The lowest BCUT2D eigenvalue weighted by molar-refractivity contribution is 0.213. The van der Waals surface area contributed by atoms with E-state index in [9.17, 15) is 0 Å². The Kier molecular flexibility index (Phi) is 7.97. The lowest BCUT2D eigenvalue weighted by atomic mass is 10.4. The Labute approximate surface area is 63.4 Å². The minimum atomic E-state index is 0.819. The van der Waals surface area contributed by atoms with E-state index in [-0.39, 0.29) is 0 Å². The van der Waals surface area contributed by atoms with Gasteiger partial charge in [-0.15, -0.1) is 0 Å². The van der Waals surface area contributed by atoms with E-state index >= 15 is 0 Å². The number of hydrogen-bond donors (Lipinski definition) is 0. The van der Waals surface area contributed by atoms with Crippen LogP contribution in [-0.4, -0.2) is 13.2 Å². The highest BCUT2D eigenvalue weighted by Crippen LogP contribution is 1.85. The van der Waals surface area contributed by atoms with Crippen molar-refractivity contribution in [2.75, 3.05) is 13.2 Å². The Morgan fingerprint density at radius 2 is 2.00 bits per heavy atom. The van der Waals surface area contributed by atoms with E-state index in [1.54, 1.807) is 0 Å². The van der Waals surface area contributed by atoms with Crippen LogP contribution in [0.15, 0.2) is 24.3 Å². The summed E-state index contributed by atoms with van der Waals surface area (Å²) in [5.41, 5.74) is 0. The summed E-state index contributed by atoms with van der Waals surface area (Å²) in [4.78, 5) is 0. The molecule has 0 N–H and O–H groups in total. The lowest BCUT2D eigenvalue weighted by Crippen LogP contribution is -1.76. The first-order chi connectivity index (χ1) is 4.91. The van der Waals surface area contributed by atoms with Gasteiger partial charge in [0.15, 0.2) is 0 Å². The monoisotopic (exact) mass is 140 g/mol. The average Bonchev–Trinajstić information content (AvgIpc) is 2.44. The smallest absolute Gasteiger partial charge is 0.0652 e. The SMILES string of the molecule is C/C=C\CC.C1=CCOC1. The Hall–Kier alpha value is -0.560. The molecular formula is C9H16O. The molecule has 0 aromatic heterocycles. The van der Waals surface area contributed by atoms with Crippen LogP contribution in [0.5, 0.6) is 0 Å². The Morgan fingerprint density at radius 1 is 1.40 bits per heavy atom. The highest BCUT2D eigenvalue weighted by Gasteiger charge is 1.83. The van der Waals surface area contributed by atoms with Crippen LogP contribution < -0.4 is 0 Å². The van der Waals surface area contributed by atoms with Gasteiger partial charge in [0.25, 0.3) is 0 Å². The first-order valence-electron chi connectivity index (χ1n) is 3.75. The third kappa shape index (κ3) is 7.44. The van der Waals surface area contributed by atoms with Crippen LogP contribution in [0.4, 0.5) is 0 Å². The quantitative estimate of drug-likeness (QED) is 0.508. The first-order valence-corrected chi connectivity index (χ1v) is 3.75. The van der Waals surface area contributed by atoms with Gasteiger partial charge in [-0.2, -0.15) is 0 Å².